The van der Waals surface area contributed by atoms with Crippen molar-refractivity contribution in [2.24, 2.45) is 0 Å². The highest BCUT2D eigenvalue weighted by atomic mass is 19.1. The smallest absolute Gasteiger partial charge is 0.258 e. The van der Waals surface area contributed by atoms with Crippen LogP contribution in [0.5, 0.6) is 0 Å². The van der Waals surface area contributed by atoms with Crippen LogP contribution in [0, 0.1) is 5.82 Å². The molecule has 0 bridgehead atoms. The lowest BCUT2D eigenvalue weighted by molar-refractivity contribution is 0.102. The molecule has 17 heavy (non-hydrogen) atoms. The zero-order valence-electron chi connectivity index (χ0n) is 8.98. The zero-order valence-corrected chi connectivity index (χ0v) is 8.98. The fourth-order valence-electron chi connectivity index (χ4n) is 1.44. The number of anilines is 2. The Balaban J connectivity index is 2.23. The number of para-hydroxylation sites is 1. The molecule has 2 aromatic carbocycles. The summed E-state index contributed by atoms with van der Waals surface area (Å²) < 4.78 is 13.4. The molecule has 0 saturated carbocycles. The number of nitrogen functional groups attached to an aromatic ring is 1. The molecule has 4 heteroatoms. The molecular formula is C13H11FN2O. The minimum absolute atomic E-state index is 0.0612. The predicted octanol–water partition coefficient (Wildman–Crippen LogP) is 2.66. The summed E-state index contributed by atoms with van der Waals surface area (Å²) in [7, 11) is 0. The fraction of sp³-hybridized carbons (Fsp3) is 0. The average molecular weight is 230 g/mol. The topological polar surface area (TPSA) is 55.1 Å². The van der Waals surface area contributed by atoms with Gasteiger partial charge in [-0.05, 0) is 30.3 Å². The lowest BCUT2D eigenvalue weighted by Gasteiger charge is -2.06. The number of amides is 1. The molecule has 1 amide bonds. The monoisotopic (exact) mass is 230 g/mol. The van der Waals surface area contributed by atoms with E-state index in [-0.39, 0.29) is 5.56 Å². The van der Waals surface area contributed by atoms with Gasteiger partial charge in [0.15, 0.2) is 0 Å². The molecule has 0 aliphatic carbocycles. The summed E-state index contributed by atoms with van der Waals surface area (Å²) in [6.07, 6.45) is 0. The van der Waals surface area contributed by atoms with Crippen molar-refractivity contribution in [1.82, 2.24) is 0 Å². The molecule has 3 N–H and O–H groups in total. The molecule has 0 radical (unpaired) electrons. The van der Waals surface area contributed by atoms with Crippen LogP contribution < -0.4 is 11.1 Å². The molecular weight excluding hydrogens is 219 g/mol. The van der Waals surface area contributed by atoms with Gasteiger partial charge in [0.1, 0.15) is 5.82 Å². The van der Waals surface area contributed by atoms with Gasteiger partial charge in [-0.1, -0.05) is 18.2 Å². The van der Waals surface area contributed by atoms with Gasteiger partial charge in [-0.25, -0.2) is 4.39 Å². The van der Waals surface area contributed by atoms with Crippen molar-refractivity contribution >= 4 is 17.3 Å². The Labute approximate surface area is 98.1 Å². The molecule has 0 aliphatic heterocycles. The van der Waals surface area contributed by atoms with Crippen LogP contribution >= 0.6 is 0 Å². The highest BCUT2D eigenvalue weighted by molar-refractivity contribution is 6.04. The molecule has 0 aliphatic rings. The normalized spacial score (nSPS) is 9.94. The third-order valence-electron chi connectivity index (χ3n) is 2.27. The highest BCUT2D eigenvalue weighted by Gasteiger charge is 2.11. The lowest BCUT2D eigenvalue weighted by atomic mass is 10.1. The molecule has 0 saturated heterocycles. The van der Waals surface area contributed by atoms with Gasteiger partial charge in [0, 0.05) is 11.4 Å². The van der Waals surface area contributed by atoms with Crippen LogP contribution in [-0.2, 0) is 0 Å². The SMILES string of the molecule is Nc1ccc(F)c(C(=O)Nc2ccccc2)c1. The second kappa shape index (κ2) is 4.65. The molecule has 0 spiro atoms. The van der Waals surface area contributed by atoms with Crippen LogP contribution in [0.1, 0.15) is 10.4 Å². The van der Waals surface area contributed by atoms with Crippen molar-refractivity contribution in [3.8, 4) is 0 Å². The number of halogens is 1. The van der Waals surface area contributed by atoms with E-state index >= 15 is 0 Å². The minimum Gasteiger partial charge on any atom is -0.399 e. The van der Waals surface area contributed by atoms with Crippen LogP contribution in [0.4, 0.5) is 15.8 Å². The van der Waals surface area contributed by atoms with Gasteiger partial charge in [0.25, 0.3) is 5.91 Å². The van der Waals surface area contributed by atoms with E-state index in [2.05, 4.69) is 5.32 Å². The Bertz CT molecular complexity index is 540. The van der Waals surface area contributed by atoms with Crippen LogP contribution in [-0.4, -0.2) is 5.91 Å². The summed E-state index contributed by atoms with van der Waals surface area (Å²) in [6.45, 7) is 0. The molecule has 2 rings (SSSR count). The fourth-order valence-corrected chi connectivity index (χ4v) is 1.44. The number of hydrogen-bond acceptors (Lipinski definition) is 2. The van der Waals surface area contributed by atoms with Crippen molar-refractivity contribution in [2.75, 3.05) is 11.1 Å². The Morgan fingerprint density at radius 2 is 1.82 bits per heavy atom. The van der Waals surface area contributed by atoms with E-state index < -0.39 is 11.7 Å². The number of carbonyl (C=O) groups excluding carboxylic acids is 1. The summed E-state index contributed by atoms with van der Waals surface area (Å²) in [5, 5.41) is 2.59. The largest absolute Gasteiger partial charge is 0.399 e. The van der Waals surface area contributed by atoms with Crippen LogP contribution in [0.15, 0.2) is 48.5 Å². The van der Waals surface area contributed by atoms with E-state index in [0.717, 1.165) is 0 Å². The van der Waals surface area contributed by atoms with E-state index in [4.69, 9.17) is 5.73 Å². The Kier molecular flexibility index (Phi) is 3.05. The van der Waals surface area contributed by atoms with E-state index in [1.807, 2.05) is 6.07 Å². The minimum atomic E-state index is -0.590. The number of hydrogen-bond donors (Lipinski definition) is 2. The standard InChI is InChI=1S/C13H11FN2O/c14-12-7-6-9(15)8-11(12)13(17)16-10-4-2-1-3-5-10/h1-8H,15H2,(H,16,17). The number of nitrogens with two attached hydrogens (primary N) is 1. The first-order valence-electron chi connectivity index (χ1n) is 5.08. The van der Waals surface area contributed by atoms with Gasteiger partial charge in [0.05, 0.1) is 5.56 Å². The Morgan fingerprint density at radius 3 is 2.53 bits per heavy atom. The third kappa shape index (κ3) is 2.60. The summed E-state index contributed by atoms with van der Waals surface area (Å²) >= 11 is 0. The molecule has 0 unspecified atom stereocenters. The lowest BCUT2D eigenvalue weighted by Crippen LogP contribution is -2.14. The van der Waals surface area contributed by atoms with E-state index in [1.165, 1.54) is 18.2 Å². The summed E-state index contributed by atoms with van der Waals surface area (Å²) in [5.41, 5.74) is 6.41. The van der Waals surface area contributed by atoms with Gasteiger partial charge < -0.3 is 11.1 Å². The predicted molar refractivity (Wildman–Crippen MR) is 65.2 cm³/mol. The van der Waals surface area contributed by atoms with Crippen molar-refractivity contribution in [1.29, 1.82) is 0 Å². The number of nitrogens with one attached hydrogen (secondary N) is 1. The third-order valence-corrected chi connectivity index (χ3v) is 2.27. The first-order valence-corrected chi connectivity index (χ1v) is 5.08. The molecule has 0 atom stereocenters. The molecule has 3 nitrogen and oxygen atoms in total. The summed E-state index contributed by atoms with van der Waals surface area (Å²) in [5.74, 6) is -1.10. The van der Waals surface area contributed by atoms with E-state index in [0.29, 0.717) is 11.4 Å². The number of carbonyl (C=O) groups is 1. The van der Waals surface area contributed by atoms with Crippen LogP contribution in [0.25, 0.3) is 0 Å². The van der Waals surface area contributed by atoms with Gasteiger partial charge in [-0.3, -0.25) is 4.79 Å². The van der Waals surface area contributed by atoms with Crippen LogP contribution in [0.3, 0.4) is 0 Å². The second-order valence-electron chi connectivity index (χ2n) is 3.56. The van der Waals surface area contributed by atoms with Gasteiger partial charge >= 0.3 is 0 Å². The maximum absolute atomic E-state index is 13.4. The second-order valence-corrected chi connectivity index (χ2v) is 3.56. The van der Waals surface area contributed by atoms with Gasteiger partial charge in [0.2, 0.25) is 0 Å². The van der Waals surface area contributed by atoms with Gasteiger partial charge in [-0.15, -0.1) is 0 Å². The van der Waals surface area contributed by atoms with Crippen molar-refractivity contribution < 1.29 is 9.18 Å². The average Bonchev–Trinajstić information content (AvgIpc) is 2.33. The quantitative estimate of drug-likeness (QED) is 0.779. The molecule has 0 heterocycles. The molecule has 86 valence electrons. The first kappa shape index (κ1) is 11.1. The number of rotatable bonds is 2. The van der Waals surface area contributed by atoms with E-state index in [9.17, 15) is 9.18 Å². The highest BCUT2D eigenvalue weighted by Crippen LogP contribution is 2.14. The van der Waals surface area contributed by atoms with E-state index in [1.54, 1.807) is 24.3 Å². The summed E-state index contributed by atoms with van der Waals surface area (Å²) in [4.78, 5) is 11.8. The Hall–Kier alpha value is -2.36. The van der Waals surface area contributed by atoms with Gasteiger partial charge in [-0.2, -0.15) is 0 Å². The summed E-state index contributed by atoms with van der Waals surface area (Å²) in [6, 6.07) is 12.7. The van der Waals surface area contributed by atoms with Crippen LogP contribution in [0.2, 0.25) is 0 Å². The number of benzene rings is 2. The van der Waals surface area contributed by atoms with Crippen molar-refractivity contribution in [3.63, 3.8) is 0 Å². The van der Waals surface area contributed by atoms with Crippen molar-refractivity contribution in [2.45, 2.75) is 0 Å². The maximum atomic E-state index is 13.4. The van der Waals surface area contributed by atoms with Crippen molar-refractivity contribution in [3.05, 3.63) is 59.9 Å². The zero-order chi connectivity index (χ0) is 12.3. The molecule has 2 aromatic rings. The molecule has 0 fully saturated rings. The first-order chi connectivity index (χ1) is 8.16. The Morgan fingerprint density at radius 1 is 1.12 bits per heavy atom. The maximum Gasteiger partial charge on any atom is 0.258 e. The molecule has 0 aromatic heterocycles.